The van der Waals surface area contributed by atoms with Crippen LogP contribution in [0.4, 0.5) is 51.6 Å². The Hall–Kier alpha value is -12.0. The first-order chi connectivity index (χ1) is 58.2. The van der Waals surface area contributed by atoms with Crippen molar-refractivity contribution in [3.8, 4) is 81.1 Å². The number of carbonyl (C=O) groups is 1. The van der Waals surface area contributed by atoms with Gasteiger partial charge in [0.2, 0.25) is 5.91 Å². The molecular formula is C88H98N18O12S. The van der Waals surface area contributed by atoms with Crippen LogP contribution in [0.1, 0.15) is 62.1 Å². The van der Waals surface area contributed by atoms with E-state index in [0.717, 1.165) is 175 Å². The quantitative estimate of drug-likeness (QED) is 0.0567. The number of methoxy groups -OCH3 is 2. The number of sulfone groups is 1. The number of piperazine rings is 3. The average Bonchev–Trinajstić information content (AvgIpc) is 0.821. The summed E-state index contributed by atoms with van der Waals surface area (Å²) < 4.78 is 74.6. The molecule has 0 bridgehead atoms. The second-order valence-corrected chi connectivity index (χ2v) is 32.5. The summed E-state index contributed by atoms with van der Waals surface area (Å²) in [5.41, 5.74) is 9.33. The van der Waals surface area contributed by atoms with Gasteiger partial charge in [-0.05, 0) is 147 Å². The minimum atomic E-state index is -2.99. The number of amides is 1. The summed E-state index contributed by atoms with van der Waals surface area (Å²) in [4.78, 5) is 52.9. The van der Waals surface area contributed by atoms with E-state index < -0.39 is 9.84 Å². The molecule has 8 fully saturated rings. The van der Waals surface area contributed by atoms with Gasteiger partial charge in [0.25, 0.3) is 0 Å². The summed E-state index contributed by atoms with van der Waals surface area (Å²) in [6.07, 6.45) is 9.23. The Morgan fingerprint density at radius 3 is 1.24 bits per heavy atom. The monoisotopic (exact) mass is 1630 g/mol. The molecule has 0 saturated carbocycles. The molecule has 1 atom stereocenters. The van der Waals surface area contributed by atoms with Crippen molar-refractivity contribution in [2.24, 2.45) is 0 Å². The minimum Gasteiger partial charge on any atom is -0.495 e. The molecule has 6 aromatic carbocycles. The molecule has 8 aliphatic rings. The number of rotatable bonds is 22. The number of hydrogen-bond donors (Lipinski definition) is 3. The fourth-order valence-corrected chi connectivity index (χ4v) is 16.9. The summed E-state index contributed by atoms with van der Waals surface area (Å²) in [6, 6.07) is 49.9. The van der Waals surface area contributed by atoms with E-state index in [4.69, 9.17) is 47.6 Å². The van der Waals surface area contributed by atoms with E-state index in [9.17, 15) is 29.0 Å². The molecule has 0 radical (unpaired) electrons. The number of benzene rings is 6. The van der Waals surface area contributed by atoms with E-state index >= 15 is 0 Å². The molecular weight excluding hydrogens is 1530 g/mol. The van der Waals surface area contributed by atoms with Crippen LogP contribution >= 0.6 is 0 Å². The third-order valence-electron chi connectivity index (χ3n) is 22.4. The van der Waals surface area contributed by atoms with Gasteiger partial charge >= 0.3 is 0 Å². The molecule has 8 aliphatic heterocycles. The highest BCUT2D eigenvalue weighted by atomic mass is 32.2. The highest BCUT2D eigenvalue weighted by molar-refractivity contribution is 7.91. The van der Waals surface area contributed by atoms with Crippen molar-refractivity contribution in [3.05, 3.63) is 169 Å². The highest BCUT2D eigenvalue weighted by Gasteiger charge is 2.33. The van der Waals surface area contributed by atoms with Crippen molar-refractivity contribution in [2.75, 3.05) is 188 Å². The molecule has 11 heterocycles. The lowest BCUT2D eigenvalue weighted by molar-refractivity contribution is -0.129. The third kappa shape index (κ3) is 21.1. The van der Waals surface area contributed by atoms with E-state index in [1.54, 1.807) is 76.1 Å². The van der Waals surface area contributed by atoms with Gasteiger partial charge in [-0.15, -0.1) is 0 Å². The van der Waals surface area contributed by atoms with Gasteiger partial charge in [-0.25, -0.2) is 38.3 Å². The van der Waals surface area contributed by atoms with Crippen LogP contribution in [0.5, 0.6) is 28.7 Å². The smallest absolute Gasteiger partial charge is 0.219 e. The molecule has 3 aromatic heterocycles. The van der Waals surface area contributed by atoms with E-state index in [2.05, 4.69) is 114 Å². The number of anilines is 9. The maximum atomic E-state index is 11.7. The van der Waals surface area contributed by atoms with Crippen LogP contribution < -0.4 is 54.3 Å². The van der Waals surface area contributed by atoms with Crippen molar-refractivity contribution in [1.82, 2.24) is 44.6 Å². The average molecular weight is 1630 g/mol. The molecule has 0 spiro atoms. The Labute approximate surface area is 693 Å². The van der Waals surface area contributed by atoms with Crippen LogP contribution in [0.3, 0.4) is 0 Å². The van der Waals surface area contributed by atoms with Crippen LogP contribution in [-0.2, 0) is 33.6 Å². The number of nitrogens with one attached hydrogen (secondary N) is 3. The zero-order valence-corrected chi connectivity index (χ0v) is 68.0. The summed E-state index contributed by atoms with van der Waals surface area (Å²) in [5.74, 6) is 6.84. The van der Waals surface area contributed by atoms with E-state index in [1.807, 2.05) is 71.6 Å². The maximum Gasteiger partial charge on any atom is 0.219 e. The van der Waals surface area contributed by atoms with Gasteiger partial charge in [0, 0.05) is 175 Å². The summed E-state index contributed by atoms with van der Waals surface area (Å²) in [5, 5.41) is 39.3. The van der Waals surface area contributed by atoms with Gasteiger partial charge in [0.15, 0.2) is 27.3 Å². The van der Waals surface area contributed by atoms with E-state index in [-0.39, 0.29) is 35.7 Å². The Bertz CT molecular complexity index is 5230. The molecule has 8 saturated heterocycles. The first-order valence-corrected chi connectivity index (χ1v) is 42.4. The highest BCUT2D eigenvalue weighted by Crippen LogP contribution is 2.38. The zero-order valence-electron chi connectivity index (χ0n) is 67.1. The van der Waals surface area contributed by atoms with Crippen LogP contribution in [-0.4, -0.2) is 246 Å². The molecule has 3 N–H and O–H groups in total. The molecule has 1 amide bonds. The van der Waals surface area contributed by atoms with Gasteiger partial charge in [-0.1, -0.05) is 0 Å². The Morgan fingerprint density at radius 1 is 0.429 bits per heavy atom. The van der Waals surface area contributed by atoms with Gasteiger partial charge in [0.1, 0.15) is 82.7 Å². The molecule has 9 aromatic rings. The number of nitriles is 3. The molecule has 30 nitrogen and oxygen atoms in total. The van der Waals surface area contributed by atoms with E-state index in [1.165, 1.54) is 5.69 Å². The van der Waals surface area contributed by atoms with Crippen molar-refractivity contribution >= 4 is 67.3 Å². The topological polar surface area (TPSA) is 339 Å². The number of ether oxygens (including phenoxy) is 9. The lowest BCUT2D eigenvalue weighted by atomic mass is 10.1. The van der Waals surface area contributed by atoms with Crippen molar-refractivity contribution in [2.45, 2.75) is 75.8 Å². The fraction of sp³-hybridized carbons (Fsp3) is 0.409. The molecule has 1 unspecified atom stereocenters. The van der Waals surface area contributed by atoms with Gasteiger partial charge in [-0.2, -0.15) is 15.8 Å². The second-order valence-electron chi connectivity index (χ2n) is 30.2. The Morgan fingerprint density at radius 2 is 0.840 bits per heavy atom. The number of hydrogen-bond acceptors (Lipinski definition) is 29. The standard InChI is InChI=1S/C30H34N6O5S.C29H32N6O4.C29H32N6O3/c1-39-28-17-23(3-4-26(28)36-12-10-35(11-13-36)24-19-40-20-24)33-29-6-9-32-30(34-29)21-2-5-27(22(16-21)18-31)41-25-7-14-42(37,38)15-8-25;1-20(36)34-11-13-35(14-12-34)25-5-4-23(18-27(25)37-2)32-28-7-10-31-29(33-28)21-3-6-26(22(17-21)19-30)39-24-8-15-38-16-9-24;30-17-22-16-21(3-8-27(22)38-26-2-1-15-36-20-26)29-31-10-9-28(33-29)32-23-4-6-24(7-5-23)34-11-13-35(14-12-34)25-18-37-19-25/h2-6,9,16-17,24-25H,7-8,10-15,19-20H2,1H3,(H,32,33,34);3-7,10,17-18,24H,8-9,11-16H2,1-2H3,(H,31,32,33);3-10,16,25-26H,1-2,11-15,18-20H2,(H,31,32,33). The molecule has 618 valence electrons. The number of aromatic nitrogens is 6. The van der Waals surface area contributed by atoms with Crippen molar-refractivity contribution in [3.63, 3.8) is 0 Å². The van der Waals surface area contributed by atoms with Gasteiger partial charge in [0.05, 0.1) is 112 Å². The first kappa shape index (κ1) is 82.1. The number of nitrogens with zero attached hydrogens (tertiary/aromatic N) is 15. The molecule has 119 heavy (non-hydrogen) atoms. The lowest BCUT2D eigenvalue weighted by Crippen LogP contribution is -2.56. The summed E-state index contributed by atoms with van der Waals surface area (Å²) in [7, 11) is 0.346. The van der Waals surface area contributed by atoms with Crippen molar-refractivity contribution in [1.29, 1.82) is 15.8 Å². The van der Waals surface area contributed by atoms with Crippen LogP contribution in [0, 0.1) is 34.0 Å². The SMILES string of the molecule is COc1cc(Nc2ccnc(-c3ccc(OC4CCOCC4)c(C#N)c3)n2)ccc1N1CCN(C(C)=O)CC1.COc1cc(Nc2ccnc(-c3ccc(OC4CCS(=O)(=O)CC4)c(C#N)c3)n2)ccc1N1CCN(C2COC2)CC1.N#Cc1cc(-c2nccc(Nc3ccc(N4CCN(C5COC5)CC4)cc3)n2)ccc1OC1CCCOC1. The Balaban J connectivity index is 0.000000140. The van der Waals surface area contributed by atoms with Crippen LogP contribution in [0.15, 0.2) is 152 Å². The van der Waals surface area contributed by atoms with E-state index in [0.29, 0.717) is 132 Å². The third-order valence-corrected chi connectivity index (χ3v) is 24.1. The lowest BCUT2D eigenvalue weighted by Gasteiger charge is -2.43. The van der Waals surface area contributed by atoms with Gasteiger partial charge in [-0.3, -0.25) is 14.6 Å². The second kappa shape index (κ2) is 39.1. The zero-order chi connectivity index (χ0) is 82.0. The first-order valence-electron chi connectivity index (χ1n) is 40.6. The summed E-state index contributed by atoms with van der Waals surface area (Å²) >= 11 is 0. The van der Waals surface area contributed by atoms with Crippen LogP contribution in [0.25, 0.3) is 34.2 Å². The largest absolute Gasteiger partial charge is 0.495 e. The minimum absolute atomic E-state index is 0.0242. The maximum absolute atomic E-state index is 11.7. The predicted octanol–water partition coefficient (Wildman–Crippen LogP) is 11.1. The predicted molar refractivity (Wildman–Crippen MR) is 451 cm³/mol. The Kier molecular flexibility index (Phi) is 27.0. The normalized spacial score (nSPS) is 18.6. The van der Waals surface area contributed by atoms with Crippen LogP contribution in [0.2, 0.25) is 0 Å². The summed E-state index contributed by atoms with van der Waals surface area (Å²) in [6.45, 7) is 18.7. The van der Waals surface area contributed by atoms with Crippen molar-refractivity contribution < 1.29 is 55.8 Å². The van der Waals surface area contributed by atoms with Gasteiger partial charge < -0.3 is 78.2 Å². The number of carbonyl (C=O) groups excluding carboxylic acids is 1. The molecule has 17 rings (SSSR count). The molecule has 0 aliphatic carbocycles. The molecule has 31 heteroatoms. The fourth-order valence-electron chi connectivity index (χ4n) is 15.4.